The third-order valence-corrected chi connectivity index (χ3v) is 6.16. The highest BCUT2D eigenvalue weighted by Crippen LogP contribution is 2.31. The van der Waals surface area contributed by atoms with Crippen LogP contribution in [0.4, 0.5) is 23.5 Å². The molecule has 2 aromatic heterocycles. The minimum absolute atomic E-state index is 0.0409. The van der Waals surface area contributed by atoms with Gasteiger partial charge in [0.2, 0.25) is 5.95 Å². The van der Waals surface area contributed by atoms with Gasteiger partial charge in [0.1, 0.15) is 5.82 Å². The second kappa shape index (κ2) is 9.93. The smallest absolute Gasteiger partial charge is 0.352 e. The van der Waals surface area contributed by atoms with Gasteiger partial charge in [0.05, 0.1) is 17.2 Å². The van der Waals surface area contributed by atoms with Gasteiger partial charge in [-0.05, 0) is 49.4 Å². The molecule has 1 amide bonds. The Balaban J connectivity index is 1.60. The van der Waals surface area contributed by atoms with Gasteiger partial charge in [-0.1, -0.05) is 6.92 Å². The van der Waals surface area contributed by atoms with Crippen LogP contribution in [0.5, 0.6) is 0 Å². The Labute approximate surface area is 199 Å². The second-order valence-corrected chi connectivity index (χ2v) is 8.58. The molecule has 35 heavy (non-hydrogen) atoms. The number of amides is 1. The van der Waals surface area contributed by atoms with E-state index in [-0.39, 0.29) is 36.2 Å². The standard InChI is InChI=1S/C24H24F4N6O/c1-14-5-3-8-34(20(14)13-33-23-31-11-16(12-32-23)24(26,27)28)22(35)18-9-15(2)19(25)10-17(18)21-29-6-4-7-30-21/h4,6-7,9-12,14,20H,3,5,8,13H2,1-2H3,(H,31,32,33)/t14-,20-/m1/s1. The first-order valence-electron chi connectivity index (χ1n) is 11.2. The number of benzene rings is 1. The summed E-state index contributed by atoms with van der Waals surface area (Å²) in [5.74, 6) is -0.365. The molecule has 1 aliphatic rings. The molecule has 0 bridgehead atoms. The van der Waals surface area contributed by atoms with Crippen molar-refractivity contribution >= 4 is 11.9 Å². The van der Waals surface area contributed by atoms with Gasteiger partial charge in [0, 0.05) is 43.4 Å². The maximum absolute atomic E-state index is 14.4. The van der Waals surface area contributed by atoms with Crippen LogP contribution in [0.1, 0.15) is 41.3 Å². The summed E-state index contributed by atoms with van der Waals surface area (Å²) in [4.78, 5) is 31.3. The molecule has 4 rings (SSSR count). The largest absolute Gasteiger partial charge is 0.419 e. The molecule has 2 atom stereocenters. The number of likely N-dealkylation sites (tertiary alicyclic amines) is 1. The van der Waals surface area contributed by atoms with E-state index in [0.29, 0.717) is 23.2 Å². The lowest BCUT2D eigenvalue weighted by Crippen LogP contribution is -2.51. The third-order valence-electron chi connectivity index (χ3n) is 6.16. The van der Waals surface area contributed by atoms with Crippen molar-refractivity contribution in [1.82, 2.24) is 24.8 Å². The molecular formula is C24H24F4N6O. The predicted octanol–water partition coefficient (Wildman–Crippen LogP) is 4.75. The number of alkyl halides is 3. The molecule has 0 unspecified atom stereocenters. The lowest BCUT2D eigenvalue weighted by Gasteiger charge is -2.40. The zero-order valence-corrected chi connectivity index (χ0v) is 19.2. The second-order valence-electron chi connectivity index (χ2n) is 8.58. The average Bonchev–Trinajstić information content (AvgIpc) is 2.84. The van der Waals surface area contributed by atoms with Crippen LogP contribution in [0.25, 0.3) is 11.4 Å². The summed E-state index contributed by atoms with van der Waals surface area (Å²) < 4.78 is 52.8. The highest BCUT2D eigenvalue weighted by atomic mass is 19.4. The van der Waals surface area contributed by atoms with Gasteiger partial charge in [-0.15, -0.1) is 0 Å². The number of nitrogens with zero attached hydrogens (tertiary/aromatic N) is 5. The van der Waals surface area contributed by atoms with E-state index in [0.717, 1.165) is 25.2 Å². The van der Waals surface area contributed by atoms with Crippen LogP contribution in [0.15, 0.2) is 43.0 Å². The van der Waals surface area contributed by atoms with Crippen molar-refractivity contribution < 1.29 is 22.4 Å². The summed E-state index contributed by atoms with van der Waals surface area (Å²) in [6.45, 7) is 4.32. The van der Waals surface area contributed by atoms with E-state index in [9.17, 15) is 22.4 Å². The number of carbonyl (C=O) groups excluding carboxylic acids is 1. The number of anilines is 1. The van der Waals surface area contributed by atoms with Gasteiger partial charge in [0.15, 0.2) is 5.82 Å². The zero-order valence-electron chi connectivity index (χ0n) is 19.2. The number of aryl methyl sites for hydroxylation is 1. The quantitative estimate of drug-likeness (QED) is 0.522. The van der Waals surface area contributed by atoms with Crippen molar-refractivity contribution in [3.8, 4) is 11.4 Å². The lowest BCUT2D eigenvalue weighted by atomic mass is 9.89. The van der Waals surface area contributed by atoms with E-state index < -0.39 is 17.6 Å². The Kier molecular flexibility index (Phi) is 6.95. The van der Waals surface area contributed by atoms with E-state index in [1.807, 2.05) is 6.92 Å². The molecular weight excluding hydrogens is 464 g/mol. The molecule has 184 valence electrons. The first-order valence-corrected chi connectivity index (χ1v) is 11.2. The number of halogens is 4. The summed E-state index contributed by atoms with van der Waals surface area (Å²) >= 11 is 0. The van der Waals surface area contributed by atoms with Crippen LogP contribution < -0.4 is 5.32 Å². The summed E-state index contributed by atoms with van der Waals surface area (Å²) in [5.41, 5.74) is -0.0196. The fourth-order valence-electron chi connectivity index (χ4n) is 4.21. The molecule has 1 aliphatic heterocycles. The number of aromatic nitrogens is 4. The van der Waals surface area contributed by atoms with Crippen molar-refractivity contribution in [3.05, 3.63) is 65.5 Å². The summed E-state index contributed by atoms with van der Waals surface area (Å²) in [5, 5.41) is 2.96. The normalized spacial score (nSPS) is 18.4. The number of nitrogens with one attached hydrogen (secondary N) is 1. The molecule has 0 saturated carbocycles. The number of carbonyl (C=O) groups is 1. The summed E-state index contributed by atoms with van der Waals surface area (Å²) in [7, 11) is 0. The first kappa shape index (κ1) is 24.5. The van der Waals surface area contributed by atoms with Crippen LogP contribution in [-0.4, -0.2) is 49.9 Å². The van der Waals surface area contributed by atoms with Crippen LogP contribution in [0.3, 0.4) is 0 Å². The van der Waals surface area contributed by atoms with Crippen LogP contribution in [0.2, 0.25) is 0 Å². The van der Waals surface area contributed by atoms with Crippen molar-refractivity contribution in [2.45, 2.75) is 38.9 Å². The molecule has 0 spiro atoms. The molecule has 7 nitrogen and oxygen atoms in total. The maximum atomic E-state index is 14.4. The molecule has 0 radical (unpaired) electrons. The van der Waals surface area contributed by atoms with Gasteiger partial charge in [-0.25, -0.2) is 24.3 Å². The van der Waals surface area contributed by atoms with E-state index in [1.54, 1.807) is 17.9 Å². The fourth-order valence-corrected chi connectivity index (χ4v) is 4.21. The topological polar surface area (TPSA) is 83.9 Å². The van der Waals surface area contributed by atoms with Gasteiger partial charge in [-0.2, -0.15) is 13.2 Å². The number of rotatable bonds is 5. The van der Waals surface area contributed by atoms with Gasteiger partial charge < -0.3 is 10.2 Å². The Morgan fingerprint density at radius 3 is 2.49 bits per heavy atom. The molecule has 3 heterocycles. The molecule has 1 fully saturated rings. The number of hydrogen-bond donors (Lipinski definition) is 1. The van der Waals surface area contributed by atoms with Crippen molar-refractivity contribution in [2.75, 3.05) is 18.4 Å². The molecule has 1 aromatic carbocycles. The number of hydrogen-bond acceptors (Lipinski definition) is 6. The van der Waals surface area contributed by atoms with E-state index >= 15 is 0 Å². The van der Waals surface area contributed by atoms with Crippen molar-refractivity contribution in [3.63, 3.8) is 0 Å². The fraction of sp³-hybridized carbons (Fsp3) is 0.375. The van der Waals surface area contributed by atoms with E-state index in [1.165, 1.54) is 24.5 Å². The molecule has 1 saturated heterocycles. The molecule has 3 aromatic rings. The summed E-state index contributed by atoms with van der Waals surface area (Å²) in [6, 6.07) is 4.13. The predicted molar refractivity (Wildman–Crippen MR) is 121 cm³/mol. The Morgan fingerprint density at radius 2 is 1.83 bits per heavy atom. The third kappa shape index (κ3) is 5.39. The van der Waals surface area contributed by atoms with Crippen molar-refractivity contribution in [1.29, 1.82) is 0 Å². The molecule has 1 N–H and O–H groups in total. The first-order chi connectivity index (χ1) is 16.6. The highest BCUT2D eigenvalue weighted by Gasteiger charge is 2.34. The maximum Gasteiger partial charge on any atom is 0.419 e. The minimum atomic E-state index is -4.52. The van der Waals surface area contributed by atoms with Crippen LogP contribution >= 0.6 is 0 Å². The molecule has 0 aliphatic carbocycles. The SMILES string of the molecule is Cc1cc(C(=O)N2CCC[C@@H](C)[C@H]2CNc2ncc(C(F)(F)F)cn2)c(-c2ncccn2)cc1F. The van der Waals surface area contributed by atoms with E-state index in [4.69, 9.17) is 0 Å². The Morgan fingerprint density at radius 1 is 1.14 bits per heavy atom. The average molecular weight is 488 g/mol. The Hall–Kier alpha value is -3.63. The van der Waals surface area contributed by atoms with Gasteiger partial charge in [-0.3, -0.25) is 4.79 Å². The Bertz CT molecular complexity index is 1190. The lowest BCUT2D eigenvalue weighted by molar-refractivity contribution is -0.138. The minimum Gasteiger partial charge on any atom is -0.352 e. The van der Waals surface area contributed by atoms with Gasteiger partial charge in [0.25, 0.3) is 5.91 Å². The number of piperidine rings is 1. The van der Waals surface area contributed by atoms with Gasteiger partial charge >= 0.3 is 6.18 Å². The molecule has 11 heteroatoms. The van der Waals surface area contributed by atoms with Crippen LogP contribution in [-0.2, 0) is 6.18 Å². The summed E-state index contributed by atoms with van der Waals surface area (Å²) in [6.07, 6.45) is 1.62. The van der Waals surface area contributed by atoms with Crippen molar-refractivity contribution in [2.24, 2.45) is 5.92 Å². The highest BCUT2D eigenvalue weighted by molar-refractivity contribution is 6.00. The monoisotopic (exact) mass is 488 g/mol. The zero-order chi connectivity index (χ0) is 25.2. The van der Waals surface area contributed by atoms with E-state index in [2.05, 4.69) is 25.3 Å². The van der Waals surface area contributed by atoms with Crippen LogP contribution in [0, 0.1) is 18.7 Å².